The first-order valence-electron chi connectivity index (χ1n) is 6.19. The van der Waals surface area contributed by atoms with E-state index in [-0.39, 0.29) is 12.3 Å². The highest BCUT2D eigenvalue weighted by molar-refractivity contribution is 7.89. The fourth-order valence-corrected chi connectivity index (χ4v) is 4.09. The lowest BCUT2D eigenvalue weighted by Gasteiger charge is -2.30. The number of carbonyl (C=O) groups is 2. The molecule has 0 N–H and O–H groups in total. The van der Waals surface area contributed by atoms with Gasteiger partial charge in [-0.3, -0.25) is 9.59 Å². The number of carbonyl (C=O) groups excluding carboxylic acids is 2. The minimum absolute atomic E-state index is 0.0846. The molecule has 2 unspecified atom stereocenters. The number of hydrogen-bond donors (Lipinski definition) is 0. The summed E-state index contributed by atoms with van der Waals surface area (Å²) < 4.78 is 29.9. The zero-order valence-corrected chi connectivity index (χ0v) is 11.1. The molecule has 2 saturated heterocycles. The average Bonchev–Trinajstić information content (AvgIpc) is 2.62. The predicted molar refractivity (Wildman–Crippen MR) is 63.0 cm³/mol. The van der Waals surface area contributed by atoms with Crippen molar-refractivity contribution >= 4 is 22.0 Å². The molecule has 2 fully saturated rings. The molecule has 2 aliphatic heterocycles. The van der Waals surface area contributed by atoms with Gasteiger partial charge in [-0.1, -0.05) is 13.3 Å². The summed E-state index contributed by atoms with van der Waals surface area (Å²) in [6, 6.07) is 0. The van der Waals surface area contributed by atoms with Crippen LogP contribution in [0.3, 0.4) is 0 Å². The van der Waals surface area contributed by atoms with Crippen molar-refractivity contribution < 1.29 is 22.7 Å². The van der Waals surface area contributed by atoms with Gasteiger partial charge in [0.1, 0.15) is 0 Å². The quantitative estimate of drug-likeness (QED) is 0.538. The number of nitrogens with zero attached hydrogens (tertiary/aromatic N) is 1. The van der Waals surface area contributed by atoms with Gasteiger partial charge in [0.2, 0.25) is 10.0 Å². The van der Waals surface area contributed by atoms with Gasteiger partial charge in [-0.15, -0.1) is 0 Å². The van der Waals surface area contributed by atoms with Gasteiger partial charge >= 0.3 is 11.9 Å². The molecule has 2 aliphatic rings. The zero-order valence-electron chi connectivity index (χ0n) is 10.3. The van der Waals surface area contributed by atoms with Crippen molar-refractivity contribution in [2.24, 2.45) is 11.8 Å². The van der Waals surface area contributed by atoms with Crippen LogP contribution < -0.4 is 0 Å². The maximum atomic E-state index is 12.0. The molecular formula is C11H17NO5S. The summed E-state index contributed by atoms with van der Waals surface area (Å²) in [5.41, 5.74) is 0. The van der Waals surface area contributed by atoms with Crippen molar-refractivity contribution in [3.8, 4) is 0 Å². The van der Waals surface area contributed by atoms with Gasteiger partial charge in [0.05, 0.1) is 17.6 Å². The van der Waals surface area contributed by atoms with E-state index in [4.69, 9.17) is 0 Å². The van der Waals surface area contributed by atoms with Crippen molar-refractivity contribution in [3.63, 3.8) is 0 Å². The normalized spacial score (nSPS) is 29.2. The summed E-state index contributed by atoms with van der Waals surface area (Å²) in [7, 11) is -3.31. The third-order valence-corrected chi connectivity index (χ3v) is 5.45. The van der Waals surface area contributed by atoms with E-state index in [0.717, 1.165) is 6.42 Å². The Balaban J connectivity index is 2.07. The van der Waals surface area contributed by atoms with Crippen LogP contribution in [0.2, 0.25) is 0 Å². The SMILES string of the molecule is CCCCS(=O)(=O)N1CCC2C(=O)OC(=O)C2C1. The van der Waals surface area contributed by atoms with Crippen LogP contribution in [0, 0.1) is 11.8 Å². The van der Waals surface area contributed by atoms with Gasteiger partial charge in [-0.25, -0.2) is 12.7 Å². The van der Waals surface area contributed by atoms with E-state index >= 15 is 0 Å². The van der Waals surface area contributed by atoms with Gasteiger partial charge in [0.25, 0.3) is 0 Å². The molecule has 0 aliphatic carbocycles. The van der Waals surface area contributed by atoms with E-state index in [9.17, 15) is 18.0 Å². The number of rotatable bonds is 4. The van der Waals surface area contributed by atoms with Gasteiger partial charge in [0, 0.05) is 13.1 Å². The number of esters is 2. The lowest BCUT2D eigenvalue weighted by atomic mass is 9.89. The third kappa shape index (κ3) is 2.42. The van der Waals surface area contributed by atoms with Crippen molar-refractivity contribution in [1.82, 2.24) is 4.31 Å². The second-order valence-corrected chi connectivity index (χ2v) is 6.86. The van der Waals surface area contributed by atoms with Crippen molar-refractivity contribution in [3.05, 3.63) is 0 Å². The molecule has 0 aromatic rings. The van der Waals surface area contributed by atoms with Crippen LogP contribution in [-0.2, 0) is 24.3 Å². The summed E-state index contributed by atoms with van der Waals surface area (Å²) in [4.78, 5) is 22.8. The second-order valence-electron chi connectivity index (χ2n) is 4.77. The predicted octanol–water partition coefficient (Wildman–Crippen LogP) is 0.138. The van der Waals surface area contributed by atoms with E-state index in [2.05, 4.69) is 4.74 Å². The Morgan fingerprint density at radius 1 is 1.28 bits per heavy atom. The Morgan fingerprint density at radius 2 is 1.94 bits per heavy atom. The van der Waals surface area contributed by atoms with Gasteiger partial charge in [-0.2, -0.15) is 0 Å². The standard InChI is InChI=1S/C11H17NO5S/c1-2-3-6-18(15,16)12-5-4-8-9(7-12)11(14)17-10(8)13/h8-9H,2-7H2,1H3. The molecule has 2 heterocycles. The maximum absolute atomic E-state index is 12.0. The van der Waals surface area contributed by atoms with E-state index in [1.165, 1.54) is 4.31 Å². The van der Waals surface area contributed by atoms with E-state index in [0.29, 0.717) is 19.4 Å². The number of cyclic esters (lactones) is 2. The molecule has 0 bridgehead atoms. The van der Waals surface area contributed by atoms with Crippen molar-refractivity contribution in [2.45, 2.75) is 26.2 Å². The highest BCUT2D eigenvalue weighted by Gasteiger charge is 2.48. The zero-order chi connectivity index (χ0) is 13.3. The van der Waals surface area contributed by atoms with Gasteiger partial charge in [0.15, 0.2) is 0 Å². The smallest absolute Gasteiger partial charge is 0.318 e. The average molecular weight is 275 g/mol. The maximum Gasteiger partial charge on any atom is 0.318 e. The first-order valence-corrected chi connectivity index (χ1v) is 7.80. The van der Waals surface area contributed by atoms with Crippen LogP contribution in [0.1, 0.15) is 26.2 Å². The molecule has 2 rings (SSSR count). The number of hydrogen-bond acceptors (Lipinski definition) is 5. The third-order valence-electron chi connectivity index (χ3n) is 3.53. The lowest BCUT2D eigenvalue weighted by Crippen LogP contribution is -2.45. The highest BCUT2D eigenvalue weighted by Crippen LogP contribution is 2.32. The van der Waals surface area contributed by atoms with Crippen molar-refractivity contribution in [2.75, 3.05) is 18.8 Å². The molecule has 102 valence electrons. The largest absolute Gasteiger partial charge is 0.393 e. The summed E-state index contributed by atoms with van der Waals surface area (Å²) >= 11 is 0. The fourth-order valence-electron chi connectivity index (χ4n) is 2.40. The Morgan fingerprint density at radius 3 is 2.61 bits per heavy atom. The lowest BCUT2D eigenvalue weighted by molar-refractivity contribution is -0.153. The van der Waals surface area contributed by atoms with Gasteiger partial charge < -0.3 is 4.74 Å². The first-order chi connectivity index (χ1) is 8.45. The number of fused-ring (bicyclic) bond motifs is 1. The Kier molecular flexibility index (Phi) is 3.72. The summed E-state index contributed by atoms with van der Waals surface area (Å²) in [5.74, 6) is -2.04. The molecule has 0 aromatic heterocycles. The van der Waals surface area contributed by atoms with E-state index in [1.54, 1.807) is 0 Å². The Labute approximate surface area is 106 Å². The van der Waals surface area contributed by atoms with Gasteiger partial charge in [-0.05, 0) is 12.8 Å². The molecule has 0 radical (unpaired) electrons. The summed E-state index contributed by atoms with van der Waals surface area (Å²) in [5, 5.41) is 0. The van der Waals surface area contributed by atoms with Crippen LogP contribution in [0.5, 0.6) is 0 Å². The monoisotopic (exact) mass is 275 g/mol. The number of piperidine rings is 1. The van der Waals surface area contributed by atoms with Crippen LogP contribution in [-0.4, -0.2) is 43.5 Å². The molecule has 0 aromatic carbocycles. The fraction of sp³-hybridized carbons (Fsp3) is 0.818. The summed E-state index contributed by atoms with van der Waals surface area (Å²) in [6.45, 7) is 2.31. The number of ether oxygens (including phenoxy) is 1. The summed E-state index contributed by atoms with van der Waals surface area (Å²) in [6.07, 6.45) is 1.79. The molecule has 2 atom stereocenters. The number of unbranched alkanes of at least 4 members (excludes halogenated alkanes) is 1. The molecule has 7 heteroatoms. The van der Waals surface area contributed by atoms with Crippen molar-refractivity contribution in [1.29, 1.82) is 0 Å². The molecule has 0 saturated carbocycles. The minimum atomic E-state index is -3.31. The van der Waals surface area contributed by atoms with Crippen LogP contribution >= 0.6 is 0 Å². The van der Waals surface area contributed by atoms with E-state index in [1.807, 2.05) is 6.92 Å². The Bertz CT molecular complexity index is 458. The highest BCUT2D eigenvalue weighted by atomic mass is 32.2. The molecular weight excluding hydrogens is 258 g/mol. The Hall–Kier alpha value is -0.950. The molecule has 18 heavy (non-hydrogen) atoms. The molecule has 0 spiro atoms. The second kappa shape index (κ2) is 4.97. The van der Waals surface area contributed by atoms with Crippen LogP contribution in [0.25, 0.3) is 0 Å². The molecule has 6 nitrogen and oxygen atoms in total. The topological polar surface area (TPSA) is 80.8 Å². The van der Waals surface area contributed by atoms with Crippen LogP contribution in [0.15, 0.2) is 0 Å². The molecule has 0 amide bonds. The number of sulfonamides is 1. The first kappa shape index (κ1) is 13.5. The minimum Gasteiger partial charge on any atom is -0.393 e. The van der Waals surface area contributed by atoms with Crippen LogP contribution in [0.4, 0.5) is 0 Å². The van der Waals surface area contributed by atoms with E-state index < -0.39 is 33.8 Å².